The molecule has 1 rings (SSSR count). The molecule has 0 spiro atoms. The molecule has 0 aromatic heterocycles. The maximum Gasteiger partial charge on any atom is 0.0439 e. The molecule has 0 amide bonds. The molecular weight excluding hydrogens is 208 g/mol. The Bertz CT molecular complexity index is 107. The quantitative estimate of drug-likeness (QED) is 0.572. The zero-order valence-electron chi connectivity index (χ0n) is 10.2. The number of aliphatic hydroxyl groups is 1. The van der Waals surface area contributed by atoms with E-state index in [1.54, 1.807) is 0 Å². The molecule has 0 unspecified atom stereocenters. The predicted molar refractivity (Wildman–Crippen MR) is 65.5 cm³/mol. The Kier molecular flexibility index (Phi) is 61.0. The molecule has 2 heteroatoms. The average Bonchev–Trinajstić information content (AvgIpc) is 2.19. The van der Waals surface area contributed by atoms with Gasteiger partial charge in [0.25, 0.3) is 0 Å². The van der Waals surface area contributed by atoms with Gasteiger partial charge in [-0.2, -0.15) is 0 Å². The Labute approximate surface area is 107 Å². The first-order valence-corrected chi connectivity index (χ1v) is 2.89. The van der Waals surface area contributed by atoms with E-state index in [4.69, 9.17) is 5.11 Å². The third kappa shape index (κ3) is 14.7. The molecule has 1 aliphatic carbocycles. The minimum Gasteiger partial charge on any atom is -0.396 e. The smallest absolute Gasteiger partial charge is 0.0439 e. The van der Waals surface area contributed by atoms with Crippen molar-refractivity contribution in [3.8, 4) is 0 Å². The van der Waals surface area contributed by atoms with Gasteiger partial charge in [-0.05, 0) is 12.3 Å². The molecule has 88 valence electrons. The van der Waals surface area contributed by atoms with Crippen LogP contribution in [0.2, 0.25) is 0 Å². The van der Waals surface area contributed by atoms with E-state index < -0.39 is 0 Å². The zero-order chi connectivity index (χ0) is 5.82. The molecular formula is C12H25OTi-5. The van der Waals surface area contributed by atoms with Gasteiger partial charge in [0.2, 0.25) is 0 Å². The predicted octanol–water partition coefficient (Wildman–Crippen LogP) is 3.36. The number of hydrogen-bond acceptors (Lipinski definition) is 1. The van der Waals surface area contributed by atoms with Crippen LogP contribution in [-0.4, -0.2) is 11.7 Å². The normalized spacial score (nSPS) is 10.4. The van der Waals surface area contributed by atoms with Crippen molar-refractivity contribution in [2.45, 2.75) is 6.42 Å². The van der Waals surface area contributed by atoms with Gasteiger partial charge in [0, 0.05) is 28.3 Å². The van der Waals surface area contributed by atoms with E-state index in [2.05, 4.69) is 12.2 Å². The molecule has 0 atom stereocenters. The molecule has 0 fully saturated rings. The molecule has 1 nitrogen and oxygen atoms in total. The van der Waals surface area contributed by atoms with Crippen LogP contribution < -0.4 is 0 Å². The second-order valence-electron chi connectivity index (χ2n) is 1.95. The number of allylic oxidation sites excluding steroid dienone is 4. The standard InChI is InChI=1S/C7H10O.5CH3.Ti/c8-6-5-7-3-1-2-4-7;;;;;;/h1-4,7-8H,5-6H2;5*1H3;/q;5*-1;. The molecule has 0 saturated heterocycles. The van der Waals surface area contributed by atoms with Crippen LogP contribution in [0, 0.1) is 43.1 Å². The Hall–Kier alpha value is 0.154. The topological polar surface area (TPSA) is 20.2 Å². The Morgan fingerprint density at radius 1 is 0.857 bits per heavy atom. The summed E-state index contributed by atoms with van der Waals surface area (Å²) in [4.78, 5) is 0. The third-order valence-corrected chi connectivity index (χ3v) is 1.29. The molecule has 0 bridgehead atoms. The van der Waals surface area contributed by atoms with Gasteiger partial charge in [0.1, 0.15) is 0 Å². The van der Waals surface area contributed by atoms with Crippen molar-refractivity contribution in [2.24, 2.45) is 5.92 Å². The summed E-state index contributed by atoms with van der Waals surface area (Å²) in [5, 5.41) is 8.46. The molecule has 0 aromatic rings. The Morgan fingerprint density at radius 3 is 1.50 bits per heavy atom. The fourth-order valence-electron chi connectivity index (χ4n) is 0.819. The van der Waals surface area contributed by atoms with Gasteiger partial charge >= 0.3 is 0 Å². The summed E-state index contributed by atoms with van der Waals surface area (Å²) in [6.07, 6.45) is 9.08. The van der Waals surface area contributed by atoms with E-state index in [-0.39, 0.29) is 58.9 Å². The van der Waals surface area contributed by atoms with Crippen LogP contribution in [0.1, 0.15) is 6.42 Å². The minimum absolute atomic E-state index is 0. The fourth-order valence-corrected chi connectivity index (χ4v) is 0.819. The summed E-state index contributed by atoms with van der Waals surface area (Å²) >= 11 is 0. The first-order valence-electron chi connectivity index (χ1n) is 2.89. The van der Waals surface area contributed by atoms with Gasteiger partial charge in [0.15, 0.2) is 0 Å². The molecule has 1 N–H and O–H groups in total. The maximum atomic E-state index is 8.46. The van der Waals surface area contributed by atoms with E-state index in [0.29, 0.717) is 12.5 Å². The Morgan fingerprint density at radius 2 is 1.21 bits per heavy atom. The summed E-state index contributed by atoms with van der Waals surface area (Å²) < 4.78 is 0. The van der Waals surface area contributed by atoms with E-state index >= 15 is 0 Å². The summed E-state index contributed by atoms with van der Waals surface area (Å²) in [7, 11) is 0. The van der Waals surface area contributed by atoms with Crippen molar-refractivity contribution in [3.05, 3.63) is 61.4 Å². The summed E-state index contributed by atoms with van der Waals surface area (Å²) in [6, 6.07) is 0. The van der Waals surface area contributed by atoms with E-state index in [1.807, 2.05) is 12.2 Å². The van der Waals surface area contributed by atoms with Crippen LogP contribution >= 0.6 is 0 Å². The second kappa shape index (κ2) is 23.2. The van der Waals surface area contributed by atoms with Crippen LogP contribution in [0.15, 0.2) is 24.3 Å². The van der Waals surface area contributed by atoms with Crippen molar-refractivity contribution in [3.63, 3.8) is 0 Å². The Balaban J connectivity index is -0.0000000267. The monoisotopic (exact) mass is 233 g/mol. The average molecular weight is 233 g/mol. The molecule has 0 aromatic carbocycles. The summed E-state index contributed by atoms with van der Waals surface area (Å²) in [5.41, 5.74) is 0. The molecule has 14 heavy (non-hydrogen) atoms. The van der Waals surface area contributed by atoms with Gasteiger partial charge < -0.3 is 42.2 Å². The third-order valence-electron chi connectivity index (χ3n) is 1.29. The van der Waals surface area contributed by atoms with E-state index in [1.165, 1.54) is 0 Å². The van der Waals surface area contributed by atoms with Crippen LogP contribution in [0.3, 0.4) is 0 Å². The van der Waals surface area contributed by atoms with Crippen LogP contribution in [0.4, 0.5) is 0 Å². The largest absolute Gasteiger partial charge is 0.396 e. The van der Waals surface area contributed by atoms with Gasteiger partial charge in [0.05, 0.1) is 0 Å². The number of rotatable bonds is 2. The summed E-state index contributed by atoms with van der Waals surface area (Å²) in [6.45, 7) is 0.291. The summed E-state index contributed by atoms with van der Waals surface area (Å²) in [5.74, 6) is 0.500. The molecule has 0 saturated carbocycles. The fraction of sp³-hybridized carbons (Fsp3) is 0.250. The molecule has 0 radical (unpaired) electrons. The molecule has 0 heterocycles. The van der Waals surface area contributed by atoms with Crippen molar-refractivity contribution in [1.29, 1.82) is 0 Å². The molecule has 0 aliphatic heterocycles. The maximum absolute atomic E-state index is 8.46. The number of hydrogen-bond donors (Lipinski definition) is 1. The van der Waals surface area contributed by atoms with Crippen molar-refractivity contribution in [1.82, 2.24) is 0 Å². The van der Waals surface area contributed by atoms with Crippen LogP contribution in [-0.2, 0) is 21.7 Å². The zero-order valence-corrected chi connectivity index (χ0v) is 11.8. The SMILES string of the molecule is OCCC1C=CC=C1.[CH3-].[CH3-].[CH3-].[CH3-].[CH3-].[Ti]. The minimum atomic E-state index is 0. The van der Waals surface area contributed by atoms with Crippen molar-refractivity contribution in [2.75, 3.05) is 6.61 Å². The molecule has 1 aliphatic rings. The second-order valence-corrected chi connectivity index (χ2v) is 1.95. The van der Waals surface area contributed by atoms with Crippen molar-refractivity contribution < 1.29 is 26.8 Å². The van der Waals surface area contributed by atoms with E-state index in [9.17, 15) is 0 Å². The van der Waals surface area contributed by atoms with Gasteiger partial charge in [-0.1, -0.05) is 24.3 Å². The van der Waals surface area contributed by atoms with Crippen LogP contribution in [0.5, 0.6) is 0 Å². The van der Waals surface area contributed by atoms with Crippen molar-refractivity contribution >= 4 is 0 Å². The van der Waals surface area contributed by atoms with Gasteiger partial charge in [-0.15, -0.1) is 0 Å². The van der Waals surface area contributed by atoms with Gasteiger partial charge in [-0.3, -0.25) is 0 Å². The first kappa shape index (κ1) is 36.8. The van der Waals surface area contributed by atoms with Crippen LogP contribution in [0.25, 0.3) is 0 Å². The van der Waals surface area contributed by atoms with Gasteiger partial charge in [-0.25, -0.2) is 0 Å². The number of aliphatic hydroxyl groups excluding tert-OH is 1. The van der Waals surface area contributed by atoms with E-state index in [0.717, 1.165) is 6.42 Å². The first-order chi connectivity index (χ1) is 3.93.